The van der Waals surface area contributed by atoms with Crippen LogP contribution in [0.1, 0.15) is 48.7 Å². The van der Waals surface area contributed by atoms with Crippen LogP contribution >= 0.6 is 0 Å². The van der Waals surface area contributed by atoms with Crippen LogP contribution in [0.4, 0.5) is 13.2 Å². The lowest BCUT2D eigenvalue weighted by Gasteiger charge is -2.28. The Morgan fingerprint density at radius 1 is 1.41 bits per heavy atom. The smallest absolute Gasteiger partial charge is 0.422 e. The summed E-state index contributed by atoms with van der Waals surface area (Å²) in [6.45, 7) is 1.19. The number of amides is 2. The lowest BCUT2D eigenvalue weighted by atomic mass is 9.96. The van der Waals surface area contributed by atoms with E-state index in [1.807, 2.05) is 0 Å². The van der Waals surface area contributed by atoms with Crippen LogP contribution in [0.3, 0.4) is 0 Å². The molecule has 0 radical (unpaired) electrons. The summed E-state index contributed by atoms with van der Waals surface area (Å²) in [7, 11) is 1.34. The van der Waals surface area contributed by atoms with Gasteiger partial charge in [0.1, 0.15) is 11.4 Å². The normalized spacial score (nSPS) is 17.6. The standard InChI is InChI=1S/C17H22F3N3O4/c1-9(16(2,26)15(25)21-3)23-14(24)12-6-13(27-8-17(18,19)20)11(7-22-12)10-4-5-10/h6-7,9-10,26H,4-5,8H2,1-3H3,(H,21,25)(H,23,24). The Labute approximate surface area is 154 Å². The molecule has 1 aliphatic rings. The monoisotopic (exact) mass is 389 g/mol. The molecule has 10 heteroatoms. The fraction of sp³-hybridized carbons (Fsp3) is 0.588. The highest BCUT2D eigenvalue weighted by atomic mass is 19.4. The molecule has 2 amide bonds. The predicted octanol–water partition coefficient (Wildman–Crippen LogP) is 1.52. The second-order valence-corrected chi connectivity index (χ2v) is 6.71. The Hall–Kier alpha value is -2.36. The fourth-order valence-electron chi connectivity index (χ4n) is 2.42. The average molecular weight is 389 g/mol. The van der Waals surface area contributed by atoms with Crippen molar-refractivity contribution in [1.82, 2.24) is 15.6 Å². The molecule has 0 aromatic carbocycles. The molecule has 1 aromatic rings. The van der Waals surface area contributed by atoms with Crippen molar-refractivity contribution in [2.45, 2.75) is 50.4 Å². The van der Waals surface area contributed by atoms with Gasteiger partial charge < -0.3 is 20.5 Å². The first-order valence-electron chi connectivity index (χ1n) is 8.40. The van der Waals surface area contributed by atoms with Crippen molar-refractivity contribution in [2.75, 3.05) is 13.7 Å². The number of nitrogens with one attached hydrogen (secondary N) is 2. The van der Waals surface area contributed by atoms with Crippen molar-refractivity contribution in [2.24, 2.45) is 0 Å². The maximum Gasteiger partial charge on any atom is 0.422 e. The zero-order chi connectivity index (χ0) is 20.4. The van der Waals surface area contributed by atoms with Gasteiger partial charge in [-0.1, -0.05) is 0 Å². The van der Waals surface area contributed by atoms with Crippen molar-refractivity contribution < 1.29 is 32.6 Å². The number of rotatable bonds is 7. The number of carbonyl (C=O) groups excluding carboxylic acids is 2. The van der Waals surface area contributed by atoms with Gasteiger partial charge >= 0.3 is 6.18 Å². The zero-order valence-corrected chi connectivity index (χ0v) is 15.2. The van der Waals surface area contributed by atoms with Gasteiger partial charge in [0.05, 0.1) is 6.04 Å². The van der Waals surface area contributed by atoms with Crippen molar-refractivity contribution >= 4 is 11.8 Å². The third-order valence-electron chi connectivity index (χ3n) is 4.41. The van der Waals surface area contributed by atoms with E-state index in [9.17, 15) is 27.9 Å². The fourth-order valence-corrected chi connectivity index (χ4v) is 2.42. The van der Waals surface area contributed by atoms with E-state index in [-0.39, 0.29) is 17.4 Å². The molecule has 7 nitrogen and oxygen atoms in total. The third-order valence-corrected chi connectivity index (χ3v) is 4.41. The van der Waals surface area contributed by atoms with Crippen LogP contribution in [-0.2, 0) is 4.79 Å². The van der Waals surface area contributed by atoms with Gasteiger partial charge in [-0.05, 0) is 32.6 Å². The molecule has 1 fully saturated rings. The highest BCUT2D eigenvalue weighted by Gasteiger charge is 2.37. The van der Waals surface area contributed by atoms with E-state index in [2.05, 4.69) is 15.6 Å². The van der Waals surface area contributed by atoms with Gasteiger partial charge in [0.25, 0.3) is 11.8 Å². The number of alkyl halides is 3. The van der Waals surface area contributed by atoms with Crippen LogP contribution in [-0.4, -0.2) is 53.4 Å². The molecule has 2 rings (SSSR count). The number of hydrogen-bond donors (Lipinski definition) is 3. The Morgan fingerprint density at radius 2 is 2.04 bits per heavy atom. The van der Waals surface area contributed by atoms with Gasteiger partial charge in [0.15, 0.2) is 12.2 Å². The average Bonchev–Trinajstić information content (AvgIpc) is 3.42. The van der Waals surface area contributed by atoms with E-state index in [0.29, 0.717) is 5.56 Å². The van der Waals surface area contributed by atoms with Gasteiger partial charge in [-0.3, -0.25) is 14.6 Å². The molecule has 0 aliphatic heterocycles. The molecule has 2 atom stereocenters. The summed E-state index contributed by atoms with van der Waals surface area (Å²) in [6.07, 6.45) is -1.53. The number of carbonyl (C=O) groups is 2. The van der Waals surface area contributed by atoms with Gasteiger partial charge in [-0.2, -0.15) is 13.2 Å². The summed E-state index contributed by atoms with van der Waals surface area (Å²) in [4.78, 5) is 28.1. The Kier molecular flexibility index (Phi) is 5.98. The first-order chi connectivity index (χ1) is 12.5. The van der Waals surface area contributed by atoms with Gasteiger partial charge in [0.2, 0.25) is 0 Å². The number of hydrogen-bond acceptors (Lipinski definition) is 5. The van der Waals surface area contributed by atoms with E-state index in [0.717, 1.165) is 18.9 Å². The van der Waals surface area contributed by atoms with Gasteiger partial charge in [0, 0.05) is 24.9 Å². The Bertz CT molecular complexity index is 718. The molecule has 0 bridgehead atoms. The molecule has 1 saturated carbocycles. The number of aliphatic hydroxyl groups is 1. The minimum absolute atomic E-state index is 0.0410. The number of halogens is 3. The number of ether oxygens (including phenoxy) is 1. The summed E-state index contributed by atoms with van der Waals surface area (Å²) < 4.78 is 42.3. The van der Waals surface area contributed by atoms with Gasteiger partial charge in [-0.15, -0.1) is 0 Å². The number of likely N-dealkylation sites (N-methyl/N-ethyl adjacent to an activating group) is 1. The lowest BCUT2D eigenvalue weighted by Crippen LogP contribution is -2.57. The summed E-state index contributed by atoms with van der Waals surface area (Å²) in [6, 6.07) is 0.171. The SMILES string of the molecule is CNC(=O)C(C)(O)C(C)NC(=O)c1cc(OCC(F)(F)F)c(C2CC2)cn1. The van der Waals surface area contributed by atoms with E-state index in [1.54, 1.807) is 0 Å². The van der Waals surface area contributed by atoms with Crippen molar-refractivity contribution in [3.63, 3.8) is 0 Å². The van der Waals surface area contributed by atoms with Crippen LogP contribution in [0, 0.1) is 0 Å². The van der Waals surface area contributed by atoms with Gasteiger partial charge in [-0.25, -0.2) is 0 Å². The van der Waals surface area contributed by atoms with Crippen molar-refractivity contribution in [3.8, 4) is 5.75 Å². The summed E-state index contributed by atoms with van der Waals surface area (Å²) >= 11 is 0. The van der Waals surface area contributed by atoms with Crippen molar-refractivity contribution in [1.29, 1.82) is 0 Å². The first kappa shape index (κ1) is 20.9. The Balaban J connectivity index is 2.17. The summed E-state index contributed by atoms with van der Waals surface area (Å²) in [5, 5.41) is 14.9. The minimum atomic E-state index is -4.51. The molecule has 1 aromatic heterocycles. The predicted molar refractivity (Wildman–Crippen MR) is 89.4 cm³/mol. The molecule has 1 heterocycles. The molecule has 2 unspecified atom stereocenters. The van der Waals surface area contributed by atoms with E-state index in [1.165, 1.54) is 27.1 Å². The number of aromatic nitrogens is 1. The van der Waals surface area contributed by atoms with Crippen LogP contribution in [0.25, 0.3) is 0 Å². The molecular weight excluding hydrogens is 367 g/mol. The third kappa shape index (κ3) is 5.31. The minimum Gasteiger partial charge on any atom is -0.484 e. The second-order valence-electron chi connectivity index (χ2n) is 6.71. The first-order valence-corrected chi connectivity index (χ1v) is 8.40. The lowest BCUT2D eigenvalue weighted by molar-refractivity contribution is -0.153. The number of pyridine rings is 1. The molecule has 0 spiro atoms. The molecule has 27 heavy (non-hydrogen) atoms. The van der Waals surface area contributed by atoms with E-state index in [4.69, 9.17) is 4.74 Å². The molecule has 150 valence electrons. The maximum atomic E-state index is 12.5. The summed E-state index contributed by atoms with van der Waals surface area (Å²) in [5.41, 5.74) is -1.52. The highest BCUT2D eigenvalue weighted by molar-refractivity contribution is 5.94. The molecule has 3 N–H and O–H groups in total. The quantitative estimate of drug-likeness (QED) is 0.657. The van der Waals surface area contributed by atoms with Crippen LogP contribution < -0.4 is 15.4 Å². The Morgan fingerprint density at radius 3 is 2.56 bits per heavy atom. The summed E-state index contributed by atoms with van der Waals surface area (Å²) in [5.74, 6) is -1.40. The maximum absolute atomic E-state index is 12.5. The van der Waals surface area contributed by atoms with Crippen molar-refractivity contribution in [3.05, 3.63) is 23.5 Å². The highest BCUT2D eigenvalue weighted by Crippen LogP contribution is 2.44. The van der Waals surface area contributed by atoms with Crippen LogP contribution in [0.15, 0.2) is 12.3 Å². The van der Waals surface area contributed by atoms with Crippen LogP contribution in [0.2, 0.25) is 0 Å². The molecule has 0 saturated heterocycles. The molecule has 1 aliphatic carbocycles. The van der Waals surface area contributed by atoms with E-state index >= 15 is 0 Å². The second kappa shape index (κ2) is 7.71. The topological polar surface area (TPSA) is 101 Å². The van der Waals surface area contributed by atoms with Crippen LogP contribution in [0.5, 0.6) is 5.75 Å². The largest absolute Gasteiger partial charge is 0.484 e. The zero-order valence-electron chi connectivity index (χ0n) is 15.2. The molecular formula is C17H22F3N3O4. The number of nitrogens with zero attached hydrogens (tertiary/aromatic N) is 1. The van der Waals surface area contributed by atoms with E-state index < -0.39 is 36.2 Å².